The van der Waals surface area contributed by atoms with Crippen molar-refractivity contribution in [3.05, 3.63) is 70.2 Å². The summed E-state index contributed by atoms with van der Waals surface area (Å²) in [5.41, 5.74) is 3.30. The van der Waals surface area contributed by atoms with Crippen LogP contribution in [0.4, 0.5) is 0 Å². The fourth-order valence-electron chi connectivity index (χ4n) is 2.88. The number of likely N-dealkylation sites (N-methyl/N-ethyl adjacent to an activating group) is 1. The predicted octanol–water partition coefficient (Wildman–Crippen LogP) is 4.44. The van der Waals surface area contributed by atoms with E-state index in [1.807, 2.05) is 31.2 Å². The number of benzene rings is 2. The SMILES string of the molecule is CCNC(=O)[C@@H](C)N(Cc1cccc(Cl)c1)C(=O)CSCc1cccc(C)c1. The van der Waals surface area contributed by atoms with Crippen molar-refractivity contribution >= 4 is 35.2 Å². The standard InChI is InChI=1S/C22H27ClN2O2S/c1-4-24-22(27)17(3)25(13-18-8-6-10-20(23)12-18)21(26)15-28-14-19-9-5-7-16(2)11-19/h5-12,17H,4,13-15H2,1-3H3,(H,24,27)/t17-/m1/s1. The van der Waals surface area contributed by atoms with Gasteiger partial charge in [0.05, 0.1) is 5.75 Å². The third kappa shape index (κ3) is 6.88. The zero-order chi connectivity index (χ0) is 20.5. The maximum absolute atomic E-state index is 12.9. The van der Waals surface area contributed by atoms with Crippen LogP contribution in [0.15, 0.2) is 48.5 Å². The molecule has 0 unspecified atom stereocenters. The molecule has 2 amide bonds. The Balaban J connectivity index is 2.05. The fourth-order valence-corrected chi connectivity index (χ4v) is 3.95. The summed E-state index contributed by atoms with van der Waals surface area (Å²) in [7, 11) is 0. The summed E-state index contributed by atoms with van der Waals surface area (Å²) >= 11 is 7.64. The molecular formula is C22H27ClN2O2S. The van der Waals surface area contributed by atoms with E-state index in [2.05, 4.69) is 30.4 Å². The number of nitrogens with one attached hydrogen (secondary N) is 1. The average Bonchev–Trinajstić information content (AvgIpc) is 2.66. The largest absolute Gasteiger partial charge is 0.355 e. The molecule has 150 valence electrons. The number of thioether (sulfide) groups is 1. The Labute approximate surface area is 176 Å². The van der Waals surface area contributed by atoms with Gasteiger partial charge in [0.2, 0.25) is 11.8 Å². The first-order chi connectivity index (χ1) is 13.4. The van der Waals surface area contributed by atoms with Crippen LogP contribution in [-0.4, -0.2) is 35.1 Å². The smallest absolute Gasteiger partial charge is 0.242 e. The summed E-state index contributed by atoms with van der Waals surface area (Å²) in [6.07, 6.45) is 0. The Bertz CT molecular complexity index is 813. The van der Waals surface area contributed by atoms with Crippen LogP contribution in [0.3, 0.4) is 0 Å². The topological polar surface area (TPSA) is 49.4 Å². The average molecular weight is 419 g/mol. The van der Waals surface area contributed by atoms with Crippen LogP contribution >= 0.6 is 23.4 Å². The van der Waals surface area contributed by atoms with Crippen molar-refractivity contribution in [3.63, 3.8) is 0 Å². The van der Waals surface area contributed by atoms with E-state index in [0.29, 0.717) is 23.9 Å². The molecule has 0 aliphatic carbocycles. The lowest BCUT2D eigenvalue weighted by Gasteiger charge is -2.28. The highest BCUT2D eigenvalue weighted by atomic mass is 35.5. The molecular weight excluding hydrogens is 392 g/mol. The lowest BCUT2D eigenvalue weighted by Crippen LogP contribution is -2.48. The molecule has 1 atom stereocenters. The number of hydrogen-bond acceptors (Lipinski definition) is 3. The second kappa shape index (κ2) is 11.1. The number of carbonyl (C=O) groups excluding carboxylic acids is 2. The maximum Gasteiger partial charge on any atom is 0.242 e. The minimum atomic E-state index is -0.550. The first-order valence-electron chi connectivity index (χ1n) is 9.35. The van der Waals surface area contributed by atoms with Gasteiger partial charge in [0.1, 0.15) is 6.04 Å². The van der Waals surface area contributed by atoms with E-state index in [4.69, 9.17) is 11.6 Å². The van der Waals surface area contributed by atoms with Gasteiger partial charge in [-0.2, -0.15) is 0 Å². The van der Waals surface area contributed by atoms with Gasteiger partial charge in [-0.1, -0.05) is 53.6 Å². The van der Waals surface area contributed by atoms with Crippen molar-refractivity contribution in [3.8, 4) is 0 Å². The second-order valence-corrected chi connectivity index (χ2v) is 8.13. The summed E-state index contributed by atoms with van der Waals surface area (Å²) in [5.74, 6) is 0.865. The van der Waals surface area contributed by atoms with Crippen LogP contribution in [0.5, 0.6) is 0 Å². The van der Waals surface area contributed by atoms with Crippen LogP contribution in [0.25, 0.3) is 0 Å². The summed E-state index contributed by atoms with van der Waals surface area (Å²) in [6, 6.07) is 15.1. The molecule has 0 radical (unpaired) electrons. The van der Waals surface area contributed by atoms with Crippen LogP contribution in [0.1, 0.15) is 30.5 Å². The Kier molecular flexibility index (Phi) is 8.87. The molecule has 6 heteroatoms. The summed E-state index contributed by atoms with van der Waals surface area (Å²) < 4.78 is 0. The van der Waals surface area contributed by atoms with E-state index in [1.165, 1.54) is 11.1 Å². The van der Waals surface area contributed by atoms with Crippen molar-refractivity contribution in [1.82, 2.24) is 10.2 Å². The number of halogens is 1. The summed E-state index contributed by atoms with van der Waals surface area (Å²) in [5, 5.41) is 3.42. The fraction of sp³-hybridized carbons (Fsp3) is 0.364. The Morgan fingerprint density at radius 1 is 1.14 bits per heavy atom. The molecule has 2 aromatic rings. The molecule has 0 bridgehead atoms. The van der Waals surface area contributed by atoms with Gasteiger partial charge in [0, 0.05) is 23.9 Å². The van der Waals surface area contributed by atoms with E-state index in [9.17, 15) is 9.59 Å². The number of nitrogens with zero attached hydrogens (tertiary/aromatic N) is 1. The number of rotatable bonds is 9. The minimum Gasteiger partial charge on any atom is -0.355 e. The van der Waals surface area contributed by atoms with E-state index >= 15 is 0 Å². The van der Waals surface area contributed by atoms with Gasteiger partial charge in [-0.3, -0.25) is 9.59 Å². The quantitative estimate of drug-likeness (QED) is 0.655. The molecule has 0 saturated carbocycles. The van der Waals surface area contributed by atoms with Crippen LogP contribution in [-0.2, 0) is 21.9 Å². The van der Waals surface area contributed by atoms with Crippen LogP contribution < -0.4 is 5.32 Å². The molecule has 2 rings (SSSR count). The number of aryl methyl sites for hydroxylation is 1. The Morgan fingerprint density at radius 2 is 1.86 bits per heavy atom. The molecule has 0 saturated heterocycles. The van der Waals surface area contributed by atoms with E-state index < -0.39 is 6.04 Å². The van der Waals surface area contributed by atoms with Crippen molar-refractivity contribution in [1.29, 1.82) is 0 Å². The molecule has 0 heterocycles. The number of amides is 2. The molecule has 0 fully saturated rings. The zero-order valence-electron chi connectivity index (χ0n) is 16.6. The van der Waals surface area contributed by atoms with Crippen molar-refractivity contribution in [2.24, 2.45) is 0 Å². The van der Waals surface area contributed by atoms with E-state index in [1.54, 1.807) is 29.7 Å². The van der Waals surface area contributed by atoms with Crippen LogP contribution in [0, 0.1) is 6.92 Å². The van der Waals surface area contributed by atoms with Crippen LogP contribution in [0.2, 0.25) is 5.02 Å². The maximum atomic E-state index is 12.9. The first-order valence-corrected chi connectivity index (χ1v) is 10.9. The lowest BCUT2D eigenvalue weighted by atomic mass is 10.1. The summed E-state index contributed by atoms with van der Waals surface area (Å²) in [6.45, 7) is 6.57. The first kappa shape index (κ1) is 22.3. The van der Waals surface area contributed by atoms with Crippen molar-refractivity contribution in [2.45, 2.75) is 39.1 Å². The minimum absolute atomic E-state index is 0.0589. The number of hydrogen-bond donors (Lipinski definition) is 1. The molecule has 4 nitrogen and oxygen atoms in total. The summed E-state index contributed by atoms with van der Waals surface area (Å²) in [4.78, 5) is 26.9. The highest BCUT2D eigenvalue weighted by molar-refractivity contribution is 7.99. The van der Waals surface area contributed by atoms with Gasteiger partial charge < -0.3 is 10.2 Å². The molecule has 0 aromatic heterocycles. The van der Waals surface area contributed by atoms with Gasteiger partial charge >= 0.3 is 0 Å². The zero-order valence-corrected chi connectivity index (χ0v) is 18.1. The van der Waals surface area contributed by atoms with Gasteiger partial charge in [0.25, 0.3) is 0 Å². The third-order valence-electron chi connectivity index (χ3n) is 4.34. The second-order valence-electron chi connectivity index (χ2n) is 6.70. The Morgan fingerprint density at radius 3 is 2.54 bits per heavy atom. The molecule has 1 N–H and O–H groups in total. The van der Waals surface area contributed by atoms with Gasteiger partial charge in [-0.15, -0.1) is 11.8 Å². The lowest BCUT2D eigenvalue weighted by molar-refractivity contribution is -0.138. The van der Waals surface area contributed by atoms with E-state index in [-0.39, 0.29) is 11.8 Å². The molecule has 28 heavy (non-hydrogen) atoms. The monoisotopic (exact) mass is 418 g/mol. The van der Waals surface area contributed by atoms with Crippen molar-refractivity contribution in [2.75, 3.05) is 12.3 Å². The molecule has 0 spiro atoms. The third-order valence-corrected chi connectivity index (χ3v) is 5.56. The predicted molar refractivity (Wildman–Crippen MR) is 117 cm³/mol. The van der Waals surface area contributed by atoms with E-state index in [0.717, 1.165) is 11.3 Å². The van der Waals surface area contributed by atoms with Gasteiger partial charge in [-0.05, 0) is 44.0 Å². The normalized spacial score (nSPS) is 11.7. The highest BCUT2D eigenvalue weighted by Gasteiger charge is 2.25. The molecule has 0 aliphatic rings. The number of carbonyl (C=O) groups is 2. The Hall–Kier alpha value is -1.98. The van der Waals surface area contributed by atoms with Crippen molar-refractivity contribution < 1.29 is 9.59 Å². The van der Waals surface area contributed by atoms with Gasteiger partial charge in [-0.25, -0.2) is 0 Å². The highest BCUT2D eigenvalue weighted by Crippen LogP contribution is 2.18. The van der Waals surface area contributed by atoms with Gasteiger partial charge in [0.15, 0.2) is 0 Å². The molecule has 0 aliphatic heterocycles. The molecule has 2 aromatic carbocycles.